The van der Waals surface area contributed by atoms with E-state index in [2.05, 4.69) is 5.32 Å². The Bertz CT molecular complexity index is 848. The first-order chi connectivity index (χ1) is 14.6. The van der Waals surface area contributed by atoms with E-state index in [4.69, 9.17) is 4.74 Å². The zero-order valence-corrected chi connectivity index (χ0v) is 17.4. The van der Waals surface area contributed by atoms with Gasteiger partial charge in [0.25, 0.3) is 0 Å². The van der Waals surface area contributed by atoms with Gasteiger partial charge in [0, 0.05) is 25.3 Å². The number of amides is 2. The topological polar surface area (TPSA) is 58.6 Å². The van der Waals surface area contributed by atoms with Gasteiger partial charge in [0.05, 0.1) is 19.6 Å². The van der Waals surface area contributed by atoms with Gasteiger partial charge in [0.2, 0.25) is 11.8 Å². The van der Waals surface area contributed by atoms with Crippen molar-refractivity contribution in [2.24, 2.45) is 5.92 Å². The molecular weight excluding hydrogens is 383 g/mol. The number of ether oxygens (including phenoxy) is 1. The monoisotopic (exact) mass is 412 g/mol. The Kier molecular flexibility index (Phi) is 7.97. The van der Waals surface area contributed by atoms with Crippen LogP contribution in [0, 0.1) is 11.7 Å². The van der Waals surface area contributed by atoms with Crippen molar-refractivity contribution in [3.8, 4) is 0 Å². The highest BCUT2D eigenvalue weighted by Crippen LogP contribution is 2.30. The van der Waals surface area contributed by atoms with Crippen molar-refractivity contribution in [3.63, 3.8) is 0 Å². The summed E-state index contributed by atoms with van der Waals surface area (Å²) in [5.74, 6) is -0.268. The van der Waals surface area contributed by atoms with E-state index in [0.717, 1.165) is 42.5 Å². The molecule has 2 aromatic carbocycles. The van der Waals surface area contributed by atoms with Crippen molar-refractivity contribution in [2.45, 2.75) is 38.6 Å². The van der Waals surface area contributed by atoms with E-state index in [9.17, 15) is 14.0 Å². The van der Waals surface area contributed by atoms with Crippen molar-refractivity contribution in [2.75, 3.05) is 25.2 Å². The van der Waals surface area contributed by atoms with E-state index < -0.39 is 0 Å². The SMILES string of the molecule is COCCNC(=O)Cc1cccc(N(Cc2ccc(F)cc2)C(=O)C2CCCC2)c1. The largest absolute Gasteiger partial charge is 0.383 e. The lowest BCUT2D eigenvalue weighted by molar-refractivity contribution is -0.122. The molecule has 3 rings (SSSR count). The predicted octanol–water partition coefficient (Wildman–Crippen LogP) is 3.85. The lowest BCUT2D eigenvalue weighted by Gasteiger charge is -2.26. The van der Waals surface area contributed by atoms with Crippen LogP contribution in [0.3, 0.4) is 0 Å². The molecule has 0 unspecified atom stereocenters. The van der Waals surface area contributed by atoms with Gasteiger partial charge in [-0.05, 0) is 48.2 Å². The van der Waals surface area contributed by atoms with Gasteiger partial charge in [0.15, 0.2) is 0 Å². The number of nitrogens with zero attached hydrogens (tertiary/aromatic N) is 1. The predicted molar refractivity (Wildman–Crippen MR) is 115 cm³/mol. The minimum absolute atomic E-state index is 0.0199. The van der Waals surface area contributed by atoms with Crippen molar-refractivity contribution in [1.29, 1.82) is 0 Å². The Morgan fingerprint density at radius 1 is 1.10 bits per heavy atom. The van der Waals surface area contributed by atoms with Crippen molar-refractivity contribution < 1.29 is 18.7 Å². The van der Waals surface area contributed by atoms with E-state index in [1.165, 1.54) is 12.1 Å². The van der Waals surface area contributed by atoms with Crippen LogP contribution in [0.25, 0.3) is 0 Å². The van der Waals surface area contributed by atoms with Crippen LogP contribution in [0.15, 0.2) is 48.5 Å². The van der Waals surface area contributed by atoms with E-state index in [-0.39, 0.29) is 30.0 Å². The first kappa shape index (κ1) is 22.0. The van der Waals surface area contributed by atoms with Gasteiger partial charge in [-0.2, -0.15) is 0 Å². The summed E-state index contributed by atoms with van der Waals surface area (Å²) in [6, 6.07) is 13.8. The standard InChI is InChI=1S/C24H29FN2O3/c1-30-14-13-26-23(28)16-19-5-4-8-22(15-19)27(24(29)20-6-2-3-7-20)17-18-9-11-21(25)12-10-18/h4-5,8-12,15,20H,2-3,6-7,13-14,16-17H2,1H3,(H,26,28). The number of rotatable bonds is 9. The Morgan fingerprint density at radius 3 is 2.53 bits per heavy atom. The van der Waals surface area contributed by atoms with Crippen molar-refractivity contribution >= 4 is 17.5 Å². The summed E-state index contributed by atoms with van der Waals surface area (Å²) >= 11 is 0. The van der Waals surface area contributed by atoms with Crippen molar-refractivity contribution in [3.05, 3.63) is 65.5 Å². The molecular formula is C24H29FN2O3. The van der Waals surface area contributed by atoms with Gasteiger partial charge in [-0.3, -0.25) is 9.59 Å². The molecule has 1 fully saturated rings. The van der Waals surface area contributed by atoms with Gasteiger partial charge in [0.1, 0.15) is 5.82 Å². The van der Waals surface area contributed by atoms with Crippen LogP contribution in [-0.2, 0) is 27.3 Å². The number of carbonyl (C=O) groups is 2. The molecule has 0 aromatic heterocycles. The third-order valence-corrected chi connectivity index (χ3v) is 5.44. The second-order valence-corrected chi connectivity index (χ2v) is 7.72. The van der Waals surface area contributed by atoms with Crippen LogP contribution in [0.4, 0.5) is 10.1 Å². The van der Waals surface area contributed by atoms with Gasteiger partial charge >= 0.3 is 0 Å². The summed E-state index contributed by atoms with van der Waals surface area (Å²) in [4.78, 5) is 27.2. The van der Waals surface area contributed by atoms with E-state index >= 15 is 0 Å². The fourth-order valence-electron chi connectivity index (χ4n) is 3.84. The molecule has 1 aliphatic carbocycles. The maximum Gasteiger partial charge on any atom is 0.230 e. The molecule has 1 saturated carbocycles. The van der Waals surface area contributed by atoms with Crippen LogP contribution in [0.2, 0.25) is 0 Å². The maximum atomic E-state index is 13.3. The maximum absolute atomic E-state index is 13.3. The lowest BCUT2D eigenvalue weighted by Crippen LogP contribution is -2.35. The third kappa shape index (κ3) is 6.13. The minimum atomic E-state index is -0.297. The smallest absolute Gasteiger partial charge is 0.230 e. The highest BCUT2D eigenvalue weighted by atomic mass is 19.1. The molecule has 1 N–H and O–H groups in total. The average Bonchev–Trinajstić information content (AvgIpc) is 3.28. The molecule has 0 spiro atoms. The van der Waals surface area contributed by atoms with Crippen molar-refractivity contribution in [1.82, 2.24) is 5.32 Å². The average molecular weight is 413 g/mol. The summed E-state index contributed by atoms with van der Waals surface area (Å²) in [7, 11) is 1.59. The molecule has 2 amide bonds. The summed E-state index contributed by atoms with van der Waals surface area (Å²) in [6.07, 6.45) is 4.19. The van der Waals surface area contributed by atoms with E-state index in [1.54, 1.807) is 24.1 Å². The number of nitrogens with one attached hydrogen (secondary N) is 1. The number of hydrogen-bond donors (Lipinski definition) is 1. The van der Waals surface area contributed by atoms with E-state index in [1.807, 2.05) is 24.3 Å². The molecule has 5 nitrogen and oxygen atoms in total. The molecule has 1 aliphatic rings. The number of halogens is 1. The molecule has 0 saturated heterocycles. The first-order valence-corrected chi connectivity index (χ1v) is 10.5. The zero-order chi connectivity index (χ0) is 21.3. The third-order valence-electron chi connectivity index (χ3n) is 5.44. The molecule has 0 radical (unpaired) electrons. The Labute approximate surface area is 177 Å². The second-order valence-electron chi connectivity index (χ2n) is 7.72. The van der Waals surface area contributed by atoms with Gasteiger partial charge in [-0.1, -0.05) is 37.1 Å². The van der Waals surface area contributed by atoms with Crippen LogP contribution in [0.1, 0.15) is 36.8 Å². The highest BCUT2D eigenvalue weighted by molar-refractivity contribution is 5.95. The number of anilines is 1. The molecule has 30 heavy (non-hydrogen) atoms. The van der Waals surface area contributed by atoms with Gasteiger partial charge in [-0.15, -0.1) is 0 Å². The first-order valence-electron chi connectivity index (χ1n) is 10.5. The molecule has 6 heteroatoms. The number of methoxy groups -OCH3 is 1. The summed E-state index contributed by atoms with van der Waals surface area (Å²) in [5.41, 5.74) is 2.47. The summed E-state index contributed by atoms with van der Waals surface area (Å²) < 4.78 is 18.3. The van der Waals surface area contributed by atoms with Gasteiger partial charge < -0.3 is 15.0 Å². The van der Waals surface area contributed by atoms with Crippen LogP contribution in [0.5, 0.6) is 0 Å². The highest BCUT2D eigenvalue weighted by Gasteiger charge is 2.28. The normalized spacial score (nSPS) is 13.9. The molecule has 0 aliphatic heterocycles. The quantitative estimate of drug-likeness (QED) is 0.637. The van der Waals surface area contributed by atoms with E-state index in [0.29, 0.717) is 19.7 Å². The fourth-order valence-corrected chi connectivity index (χ4v) is 3.84. The molecule has 0 bridgehead atoms. The Hall–Kier alpha value is -2.73. The second kappa shape index (κ2) is 10.9. The Morgan fingerprint density at radius 2 is 1.83 bits per heavy atom. The molecule has 0 heterocycles. The molecule has 2 aromatic rings. The lowest BCUT2D eigenvalue weighted by atomic mass is 10.0. The number of carbonyl (C=O) groups excluding carboxylic acids is 2. The minimum Gasteiger partial charge on any atom is -0.383 e. The summed E-state index contributed by atoms with van der Waals surface area (Å²) in [5, 5.41) is 2.81. The van der Waals surface area contributed by atoms with Crippen LogP contribution >= 0.6 is 0 Å². The number of hydrogen-bond acceptors (Lipinski definition) is 3. The zero-order valence-electron chi connectivity index (χ0n) is 17.4. The summed E-state index contributed by atoms with van der Waals surface area (Å²) in [6.45, 7) is 1.30. The fraction of sp³-hybridized carbons (Fsp3) is 0.417. The number of benzene rings is 2. The van der Waals surface area contributed by atoms with Crippen LogP contribution < -0.4 is 10.2 Å². The van der Waals surface area contributed by atoms with Crippen LogP contribution in [-0.4, -0.2) is 32.1 Å². The molecule has 0 atom stereocenters. The molecule has 160 valence electrons. The van der Waals surface area contributed by atoms with Gasteiger partial charge in [-0.25, -0.2) is 4.39 Å². The Balaban J connectivity index is 1.78.